The molecule has 4 N–H and O–H groups in total. The first-order valence-corrected chi connectivity index (χ1v) is 3.84. The van der Waals surface area contributed by atoms with Crippen molar-refractivity contribution in [2.75, 3.05) is 0 Å². The molecule has 0 fully saturated rings. The first-order valence-electron chi connectivity index (χ1n) is 3.84. The zero-order valence-corrected chi connectivity index (χ0v) is 7.39. The SMILES string of the molecule is CC(C)[C](N)C(N)C(C)C. The lowest BCUT2D eigenvalue weighted by atomic mass is 9.90. The molecule has 0 saturated heterocycles. The van der Waals surface area contributed by atoms with Gasteiger partial charge in [-0.05, 0) is 11.8 Å². The highest BCUT2D eigenvalue weighted by Gasteiger charge is 2.20. The van der Waals surface area contributed by atoms with Crippen molar-refractivity contribution in [3.8, 4) is 0 Å². The maximum Gasteiger partial charge on any atom is 0.0533 e. The van der Waals surface area contributed by atoms with Gasteiger partial charge in [0.25, 0.3) is 0 Å². The summed E-state index contributed by atoms with van der Waals surface area (Å²) in [6, 6.07) is 0.968. The fraction of sp³-hybridized carbons (Fsp3) is 0.875. The molecule has 0 aliphatic rings. The van der Waals surface area contributed by atoms with Gasteiger partial charge in [0.2, 0.25) is 0 Å². The third-order valence-electron chi connectivity index (χ3n) is 1.77. The molecule has 0 aromatic carbocycles. The van der Waals surface area contributed by atoms with Crippen LogP contribution in [0.1, 0.15) is 27.7 Å². The Bertz CT molecular complexity index is 77.3. The van der Waals surface area contributed by atoms with Crippen molar-refractivity contribution in [2.24, 2.45) is 23.3 Å². The number of hydrogen-bond donors (Lipinski definition) is 2. The Morgan fingerprint density at radius 2 is 1.50 bits per heavy atom. The standard InChI is InChI=1S/C8H19N2/c1-5(2)7(9)8(10)6(3)4/h5-7H,9-10H2,1-4H3. The second-order valence-corrected chi connectivity index (χ2v) is 3.42. The quantitative estimate of drug-likeness (QED) is 0.622. The molecule has 0 saturated carbocycles. The molecule has 0 amide bonds. The van der Waals surface area contributed by atoms with Gasteiger partial charge in [-0.25, -0.2) is 0 Å². The summed E-state index contributed by atoms with van der Waals surface area (Å²) in [6.45, 7) is 8.30. The smallest absolute Gasteiger partial charge is 0.0533 e. The molecule has 0 aromatic rings. The molecule has 1 radical (unpaired) electrons. The van der Waals surface area contributed by atoms with E-state index in [4.69, 9.17) is 11.5 Å². The lowest BCUT2D eigenvalue weighted by Gasteiger charge is -2.25. The van der Waals surface area contributed by atoms with Crippen LogP contribution in [0.25, 0.3) is 0 Å². The number of hydrogen-bond acceptors (Lipinski definition) is 2. The molecule has 1 unspecified atom stereocenters. The molecule has 0 bridgehead atoms. The predicted octanol–water partition coefficient (Wildman–Crippen LogP) is 1.12. The van der Waals surface area contributed by atoms with E-state index < -0.39 is 0 Å². The van der Waals surface area contributed by atoms with Crippen LogP contribution in [0.2, 0.25) is 0 Å². The largest absolute Gasteiger partial charge is 0.326 e. The summed E-state index contributed by atoms with van der Waals surface area (Å²) in [7, 11) is 0. The Morgan fingerprint density at radius 1 is 1.10 bits per heavy atom. The molecule has 0 heterocycles. The average molecular weight is 143 g/mol. The Hall–Kier alpha value is -0.0800. The summed E-state index contributed by atoms with van der Waals surface area (Å²) in [4.78, 5) is 0. The van der Waals surface area contributed by atoms with E-state index in [1.807, 2.05) is 0 Å². The average Bonchev–Trinajstić information content (AvgIpc) is 1.84. The Morgan fingerprint density at radius 3 is 1.60 bits per heavy atom. The molecular formula is C8H19N2. The van der Waals surface area contributed by atoms with Gasteiger partial charge in [0.05, 0.1) is 6.04 Å². The summed E-state index contributed by atoms with van der Waals surface area (Å²) in [5.74, 6) is 0.847. The van der Waals surface area contributed by atoms with Crippen LogP contribution < -0.4 is 11.5 Å². The van der Waals surface area contributed by atoms with Crippen LogP contribution in [-0.4, -0.2) is 6.04 Å². The molecule has 0 spiro atoms. The molecule has 2 nitrogen and oxygen atoms in total. The highest BCUT2D eigenvalue weighted by molar-refractivity contribution is 4.97. The zero-order chi connectivity index (χ0) is 8.31. The summed E-state index contributed by atoms with van der Waals surface area (Å²) >= 11 is 0. The third-order valence-corrected chi connectivity index (χ3v) is 1.77. The van der Waals surface area contributed by atoms with E-state index in [0.29, 0.717) is 11.8 Å². The van der Waals surface area contributed by atoms with E-state index in [2.05, 4.69) is 27.7 Å². The summed E-state index contributed by atoms with van der Waals surface area (Å²) < 4.78 is 0. The number of rotatable bonds is 3. The van der Waals surface area contributed by atoms with Crippen molar-refractivity contribution in [3.05, 3.63) is 6.04 Å². The van der Waals surface area contributed by atoms with Crippen LogP contribution >= 0.6 is 0 Å². The van der Waals surface area contributed by atoms with E-state index in [9.17, 15) is 0 Å². The molecule has 61 valence electrons. The van der Waals surface area contributed by atoms with Gasteiger partial charge >= 0.3 is 0 Å². The van der Waals surface area contributed by atoms with Gasteiger partial charge in [-0.2, -0.15) is 0 Å². The monoisotopic (exact) mass is 143 g/mol. The normalized spacial score (nSPS) is 15.3. The molecule has 1 atom stereocenters. The van der Waals surface area contributed by atoms with Crippen molar-refractivity contribution in [2.45, 2.75) is 33.7 Å². The molecule has 0 aromatic heterocycles. The van der Waals surface area contributed by atoms with E-state index in [0.717, 1.165) is 6.04 Å². The van der Waals surface area contributed by atoms with Crippen molar-refractivity contribution < 1.29 is 0 Å². The lowest BCUT2D eigenvalue weighted by molar-refractivity contribution is 0.437. The van der Waals surface area contributed by atoms with Crippen molar-refractivity contribution in [3.63, 3.8) is 0 Å². The fourth-order valence-electron chi connectivity index (χ4n) is 0.770. The van der Waals surface area contributed by atoms with Crippen LogP contribution in [0.3, 0.4) is 0 Å². The fourth-order valence-corrected chi connectivity index (χ4v) is 0.770. The zero-order valence-electron chi connectivity index (χ0n) is 7.39. The van der Waals surface area contributed by atoms with E-state index in [1.165, 1.54) is 0 Å². The van der Waals surface area contributed by atoms with Crippen LogP contribution in [0, 0.1) is 17.9 Å². The highest BCUT2D eigenvalue weighted by atomic mass is 14.8. The predicted molar refractivity (Wildman–Crippen MR) is 45.1 cm³/mol. The van der Waals surface area contributed by atoms with Gasteiger partial charge in [0.15, 0.2) is 0 Å². The summed E-state index contributed by atoms with van der Waals surface area (Å²) in [5, 5.41) is 0. The first kappa shape index (κ1) is 9.92. The van der Waals surface area contributed by atoms with E-state index in [-0.39, 0.29) is 6.04 Å². The third kappa shape index (κ3) is 2.67. The minimum Gasteiger partial charge on any atom is -0.326 e. The molecule has 10 heavy (non-hydrogen) atoms. The van der Waals surface area contributed by atoms with Gasteiger partial charge in [0.1, 0.15) is 0 Å². The minimum absolute atomic E-state index is 0.0556. The van der Waals surface area contributed by atoms with E-state index >= 15 is 0 Å². The molecule has 0 aliphatic carbocycles. The topological polar surface area (TPSA) is 52.0 Å². The van der Waals surface area contributed by atoms with Gasteiger partial charge in [-0.3, -0.25) is 0 Å². The molecule has 2 heteroatoms. The molecule has 0 aliphatic heterocycles. The maximum absolute atomic E-state index is 5.80. The highest BCUT2D eigenvalue weighted by Crippen LogP contribution is 2.15. The number of nitrogens with two attached hydrogens (primary N) is 2. The van der Waals surface area contributed by atoms with Gasteiger partial charge in [-0.15, -0.1) is 0 Å². The Labute approximate surface area is 64.0 Å². The van der Waals surface area contributed by atoms with Crippen LogP contribution in [0.5, 0.6) is 0 Å². The maximum atomic E-state index is 5.80. The summed E-state index contributed by atoms with van der Waals surface area (Å²) in [6.07, 6.45) is 0. The van der Waals surface area contributed by atoms with Crippen LogP contribution in [0.15, 0.2) is 0 Å². The van der Waals surface area contributed by atoms with Crippen LogP contribution in [0.4, 0.5) is 0 Å². The van der Waals surface area contributed by atoms with Gasteiger partial charge in [0, 0.05) is 6.04 Å². The second-order valence-electron chi connectivity index (χ2n) is 3.42. The molecular weight excluding hydrogens is 124 g/mol. The Kier molecular flexibility index (Phi) is 3.91. The van der Waals surface area contributed by atoms with E-state index in [1.54, 1.807) is 0 Å². The van der Waals surface area contributed by atoms with Crippen LogP contribution in [-0.2, 0) is 0 Å². The second kappa shape index (κ2) is 3.94. The van der Waals surface area contributed by atoms with Crippen molar-refractivity contribution in [1.29, 1.82) is 0 Å². The van der Waals surface area contributed by atoms with Crippen molar-refractivity contribution >= 4 is 0 Å². The summed E-state index contributed by atoms with van der Waals surface area (Å²) in [5.41, 5.74) is 11.6. The Balaban J connectivity index is 3.81. The minimum atomic E-state index is 0.0556. The first-order chi connectivity index (χ1) is 4.46. The molecule has 0 rings (SSSR count). The van der Waals surface area contributed by atoms with Gasteiger partial charge in [-0.1, -0.05) is 27.7 Å². The van der Waals surface area contributed by atoms with Crippen molar-refractivity contribution in [1.82, 2.24) is 0 Å². The lowest BCUT2D eigenvalue weighted by Crippen LogP contribution is -2.41. The van der Waals surface area contributed by atoms with Gasteiger partial charge < -0.3 is 11.5 Å².